The number of alkyl carbamates (subject to hydrolysis) is 1. The third-order valence-corrected chi connectivity index (χ3v) is 10.2. The van der Waals surface area contributed by atoms with Crippen molar-refractivity contribution in [3.63, 3.8) is 0 Å². The highest BCUT2D eigenvalue weighted by molar-refractivity contribution is 6.05. The first-order chi connectivity index (χ1) is 32.1. The molecule has 2 heterocycles. The molecule has 1 saturated heterocycles. The van der Waals surface area contributed by atoms with Gasteiger partial charge in [0.1, 0.15) is 17.7 Å². The van der Waals surface area contributed by atoms with Crippen LogP contribution in [0.15, 0.2) is 72.8 Å². The molecule has 0 radical (unpaired) electrons. The Morgan fingerprint density at radius 2 is 1.28 bits per heavy atom. The molecule has 0 spiro atoms. The van der Waals surface area contributed by atoms with Crippen LogP contribution in [-0.4, -0.2) is 124 Å². The Morgan fingerprint density at radius 3 is 1.88 bits per heavy atom. The van der Waals surface area contributed by atoms with Crippen molar-refractivity contribution in [3.05, 3.63) is 72.8 Å². The van der Waals surface area contributed by atoms with Crippen molar-refractivity contribution >= 4 is 35.8 Å². The fourth-order valence-corrected chi connectivity index (χ4v) is 6.68. The van der Waals surface area contributed by atoms with E-state index in [1.165, 1.54) is 0 Å². The molecule has 1 fully saturated rings. The van der Waals surface area contributed by atoms with E-state index in [1.54, 1.807) is 20.8 Å². The maximum atomic E-state index is 13.4. The molecule has 0 bridgehead atoms. The number of amides is 7. The molecule has 4 rings (SSSR count). The van der Waals surface area contributed by atoms with Crippen molar-refractivity contribution in [2.45, 2.75) is 97.2 Å². The summed E-state index contributed by atoms with van der Waals surface area (Å²) in [7, 11) is 0. The van der Waals surface area contributed by atoms with Gasteiger partial charge in [0.15, 0.2) is 0 Å². The third-order valence-electron chi connectivity index (χ3n) is 10.2. The highest BCUT2D eigenvalue weighted by atomic mass is 16.6. The van der Waals surface area contributed by atoms with Gasteiger partial charge in [-0.15, -0.1) is 0 Å². The Bertz CT molecular complexity index is 1970. The van der Waals surface area contributed by atoms with Gasteiger partial charge in [0.25, 0.3) is 5.91 Å². The lowest BCUT2D eigenvalue weighted by Crippen LogP contribution is -2.51. The fraction of sp³-hybridized carbons (Fsp3) is 0.531. The number of pyridine rings is 1. The van der Waals surface area contributed by atoms with Crippen molar-refractivity contribution < 1.29 is 52.5 Å². The van der Waals surface area contributed by atoms with Crippen molar-refractivity contribution in [3.8, 4) is 28.3 Å². The molecule has 366 valence electrons. The molecule has 0 aliphatic carbocycles. The number of aromatic nitrogens is 1. The number of urea groups is 1. The Hall–Kier alpha value is -6.11. The molecule has 6 N–H and O–H groups in total. The van der Waals surface area contributed by atoms with Crippen LogP contribution in [-0.2, 0) is 38.1 Å². The Morgan fingerprint density at radius 1 is 0.687 bits per heavy atom. The first-order valence-corrected chi connectivity index (χ1v) is 23.0. The van der Waals surface area contributed by atoms with E-state index < -0.39 is 47.5 Å². The Balaban J connectivity index is 1.08. The number of carbonyl (C=O) groups is 6. The van der Waals surface area contributed by atoms with Crippen LogP contribution in [0.2, 0.25) is 0 Å². The van der Waals surface area contributed by atoms with Crippen LogP contribution in [0.4, 0.5) is 9.59 Å². The zero-order chi connectivity index (χ0) is 48.5. The molecular weight excluding hydrogens is 863 g/mol. The van der Waals surface area contributed by atoms with Crippen molar-refractivity contribution in [2.75, 3.05) is 65.9 Å². The summed E-state index contributed by atoms with van der Waals surface area (Å²) in [5, 5.41) is 15.4. The predicted molar refractivity (Wildman–Crippen MR) is 252 cm³/mol. The largest absolute Gasteiger partial charge is 0.478 e. The number of rotatable bonds is 30. The number of unbranched alkanes of at least 4 members (excludes halogenated alkanes) is 1. The van der Waals surface area contributed by atoms with E-state index in [0.29, 0.717) is 84.6 Å². The van der Waals surface area contributed by atoms with Crippen LogP contribution in [0.3, 0.4) is 0 Å². The summed E-state index contributed by atoms with van der Waals surface area (Å²) in [6, 6.07) is 21.6. The summed E-state index contributed by atoms with van der Waals surface area (Å²) in [5.74, 6) is -1.19. The predicted octanol–water partition coefficient (Wildman–Crippen LogP) is 5.05. The first kappa shape index (κ1) is 53.5. The van der Waals surface area contributed by atoms with Gasteiger partial charge in [-0.05, 0) is 75.5 Å². The number of ether oxygens (including phenoxy) is 5. The molecule has 2 aromatic carbocycles. The molecule has 1 aliphatic rings. The van der Waals surface area contributed by atoms with E-state index in [4.69, 9.17) is 28.7 Å². The van der Waals surface area contributed by atoms with E-state index >= 15 is 0 Å². The minimum atomic E-state index is -1.15. The van der Waals surface area contributed by atoms with Gasteiger partial charge in [-0.1, -0.05) is 74.5 Å². The van der Waals surface area contributed by atoms with Crippen molar-refractivity contribution in [1.29, 1.82) is 0 Å². The molecule has 7 amide bonds. The number of imide groups is 1. The van der Waals surface area contributed by atoms with Crippen molar-refractivity contribution in [1.82, 2.24) is 36.9 Å². The molecule has 18 nitrogen and oxygen atoms in total. The lowest BCUT2D eigenvalue weighted by Gasteiger charge is -2.27. The Kier molecular flexibility index (Phi) is 22.5. The second-order valence-corrected chi connectivity index (χ2v) is 17.9. The van der Waals surface area contributed by atoms with Gasteiger partial charge in [-0.3, -0.25) is 24.5 Å². The van der Waals surface area contributed by atoms with Crippen LogP contribution in [0.25, 0.3) is 22.4 Å². The average molecular weight is 932 g/mol. The summed E-state index contributed by atoms with van der Waals surface area (Å²) in [4.78, 5) is 78.4. The Labute approximate surface area is 393 Å². The van der Waals surface area contributed by atoms with Gasteiger partial charge >= 0.3 is 12.1 Å². The van der Waals surface area contributed by atoms with Crippen LogP contribution < -0.4 is 36.6 Å². The van der Waals surface area contributed by atoms with Gasteiger partial charge in [0, 0.05) is 44.5 Å². The normalized spacial score (nSPS) is 14.1. The minimum absolute atomic E-state index is 0.124. The maximum absolute atomic E-state index is 13.4. The lowest BCUT2D eigenvalue weighted by atomic mass is 9.87. The number of hydrogen-bond acceptors (Lipinski definition) is 12. The highest BCUT2D eigenvalue weighted by Crippen LogP contribution is 2.29. The lowest BCUT2D eigenvalue weighted by molar-refractivity contribution is -0.128. The average Bonchev–Trinajstić information content (AvgIpc) is 3.61. The monoisotopic (exact) mass is 932 g/mol. The van der Waals surface area contributed by atoms with E-state index in [1.807, 2.05) is 54.6 Å². The number of carbonyl (C=O) groups excluding carboxylic acids is 6. The van der Waals surface area contributed by atoms with Gasteiger partial charge in [0.2, 0.25) is 23.6 Å². The number of hydrogen-bond donors (Lipinski definition) is 6. The first-order valence-electron chi connectivity index (χ1n) is 23.0. The van der Waals surface area contributed by atoms with Gasteiger partial charge in [-0.25, -0.2) is 14.6 Å². The molecule has 1 aliphatic heterocycles. The molecule has 67 heavy (non-hydrogen) atoms. The van der Waals surface area contributed by atoms with E-state index in [9.17, 15) is 28.8 Å². The van der Waals surface area contributed by atoms with Crippen molar-refractivity contribution in [2.24, 2.45) is 5.41 Å². The SMILES string of the molecule is CC(C)(CCCCOc1cc(-c2ccccc2)cc(-c2ccccc2)n1)CNC(=O)C(CC(=O)NCCCOCCOCCOCCCNC(=O)CC1NC(=O)NC1=O)NC(=O)OC(C)(C)C. The second-order valence-electron chi connectivity index (χ2n) is 17.9. The molecular formula is C49H69N7O11. The third kappa shape index (κ3) is 21.8. The maximum Gasteiger partial charge on any atom is 0.408 e. The summed E-state index contributed by atoms with van der Waals surface area (Å²) in [6.07, 6.45) is 2.30. The number of nitrogens with zero attached hydrogens (tertiary/aromatic N) is 1. The summed E-state index contributed by atoms with van der Waals surface area (Å²) < 4.78 is 28.1. The van der Waals surface area contributed by atoms with E-state index in [2.05, 4.69) is 63.9 Å². The van der Waals surface area contributed by atoms with E-state index in [-0.39, 0.29) is 24.2 Å². The van der Waals surface area contributed by atoms with Gasteiger partial charge in [0.05, 0.1) is 51.6 Å². The van der Waals surface area contributed by atoms with Gasteiger partial charge < -0.3 is 50.3 Å². The topological polar surface area (TPSA) is 234 Å². The number of nitrogens with one attached hydrogen (secondary N) is 6. The zero-order valence-corrected chi connectivity index (χ0v) is 39.5. The summed E-state index contributed by atoms with van der Waals surface area (Å²) in [5.41, 5.74) is 2.85. The molecule has 18 heteroatoms. The zero-order valence-electron chi connectivity index (χ0n) is 39.5. The van der Waals surface area contributed by atoms with Gasteiger partial charge in [-0.2, -0.15) is 0 Å². The highest BCUT2D eigenvalue weighted by Gasteiger charge is 2.31. The minimum Gasteiger partial charge on any atom is -0.478 e. The quantitative estimate of drug-likeness (QED) is 0.0381. The molecule has 1 aromatic heterocycles. The molecule has 3 aromatic rings. The van der Waals surface area contributed by atoms with Crippen LogP contribution >= 0.6 is 0 Å². The molecule has 0 saturated carbocycles. The standard InChI is InChI=1S/C49H69N7O11/c1-48(2,3)67-47(62)55-39(32-41(57)50-21-14-23-63-26-28-65-29-27-64-24-15-22-51-42(58)33-40-45(60)56-46(61)54-40)44(59)52-34-49(4,5)20-12-13-25-66-43-31-37(35-16-8-6-9-17-35)30-38(53-43)36-18-10-7-11-19-36/h6-11,16-19,30-31,39-40H,12-15,20-29,32-34H2,1-5H3,(H,50,57)(H,51,58)(H,52,59)(H,55,62)(H2,54,56,60,61). The van der Waals surface area contributed by atoms with Crippen LogP contribution in [0, 0.1) is 5.41 Å². The molecule has 2 unspecified atom stereocenters. The summed E-state index contributed by atoms with van der Waals surface area (Å²) >= 11 is 0. The summed E-state index contributed by atoms with van der Waals surface area (Å²) in [6.45, 7) is 13.0. The smallest absolute Gasteiger partial charge is 0.408 e. The van der Waals surface area contributed by atoms with Crippen LogP contribution in [0.1, 0.15) is 79.6 Å². The second kappa shape index (κ2) is 28.2. The molecule has 2 atom stereocenters. The van der Waals surface area contributed by atoms with Crippen LogP contribution in [0.5, 0.6) is 5.88 Å². The fourth-order valence-electron chi connectivity index (χ4n) is 6.68. The number of benzene rings is 2. The van der Waals surface area contributed by atoms with E-state index in [0.717, 1.165) is 41.6 Å².